The molecule has 1 aromatic rings. The number of methoxy groups -OCH3 is 1. The van der Waals surface area contributed by atoms with Gasteiger partial charge in [0.25, 0.3) is 0 Å². The number of halogens is 1. The summed E-state index contributed by atoms with van der Waals surface area (Å²) in [4.78, 5) is 0. The average molecular weight is 288 g/mol. The lowest BCUT2D eigenvalue weighted by molar-refractivity contribution is 0.310. The summed E-state index contributed by atoms with van der Waals surface area (Å²) in [6, 6.07) is 3.29. The number of hydrogen-bond acceptors (Lipinski definition) is 3. The summed E-state index contributed by atoms with van der Waals surface area (Å²) in [5.74, 6) is 0.553. The van der Waals surface area contributed by atoms with Gasteiger partial charge < -0.3 is 15.6 Å². The molecule has 1 atom stereocenters. The highest BCUT2D eigenvalue weighted by Crippen LogP contribution is 2.41. The Morgan fingerprint density at radius 3 is 2.38 bits per heavy atom. The number of rotatable bonds is 2. The third-order valence-electron chi connectivity index (χ3n) is 2.56. The molecule has 0 spiro atoms. The minimum atomic E-state index is -0.251. The van der Waals surface area contributed by atoms with E-state index in [-0.39, 0.29) is 17.2 Å². The van der Waals surface area contributed by atoms with Crippen LogP contribution < -0.4 is 10.5 Å². The molecule has 1 rings (SSSR count). The fourth-order valence-electron chi connectivity index (χ4n) is 1.45. The van der Waals surface area contributed by atoms with Crippen molar-refractivity contribution in [2.45, 2.75) is 26.8 Å². The summed E-state index contributed by atoms with van der Waals surface area (Å²) in [5, 5.41) is 10.0. The monoisotopic (exact) mass is 287 g/mol. The summed E-state index contributed by atoms with van der Waals surface area (Å²) >= 11 is 3.38. The van der Waals surface area contributed by atoms with Crippen molar-refractivity contribution in [3.05, 3.63) is 22.2 Å². The Morgan fingerprint density at radius 1 is 1.38 bits per heavy atom. The highest BCUT2D eigenvalue weighted by Gasteiger charge is 2.26. The van der Waals surface area contributed by atoms with Crippen LogP contribution in [0.4, 0.5) is 0 Å². The molecule has 0 saturated carbocycles. The summed E-state index contributed by atoms with van der Waals surface area (Å²) in [6.07, 6.45) is 0. The molecule has 1 aromatic carbocycles. The van der Waals surface area contributed by atoms with E-state index in [1.54, 1.807) is 6.07 Å². The third-order valence-corrected chi connectivity index (χ3v) is 3.02. The minimum Gasteiger partial charge on any atom is -0.504 e. The number of phenols is 1. The molecule has 0 aliphatic heterocycles. The Morgan fingerprint density at radius 2 is 1.94 bits per heavy atom. The van der Waals surface area contributed by atoms with Crippen LogP contribution in [0.15, 0.2) is 16.6 Å². The molecule has 0 radical (unpaired) electrons. The Bertz CT molecular complexity index is 385. The molecule has 0 aliphatic rings. The van der Waals surface area contributed by atoms with E-state index in [1.165, 1.54) is 7.11 Å². The van der Waals surface area contributed by atoms with Crippen LogP contribution in [0, 0.1) is 5.41 Å². The Hall–Kier alpha value is -0.740. The molecule has 0 bridgehead atoms. The zero-order valence-corrected chi connectivity index (χ0v) is 11.6. The molecule has 3 N–H and O–H groups in total. The van der Waals surface area contributed by atoms with Gasteiger partial charge in [-0.1, -0.05) is 36.7 Å². The lowest BCUT2D eigenvalue weighted by Gasteiger charge is -2.28. The van der Waals surface area contributed by atoms with E-state index in [4.69, 9.17) is 10.5 Å². The third kappa shape index (κ3) is 2.68. The Kier molecular flexibility index (Phi) is 3.86. The second kappa shape index (κ2) is 4.63. The first-order valence-electron chi connectivity index (χ1n) is 5.09. The molecule has 0 saturated heterocycles. The Balaban J connectivity index is 3.28. The minimum absolute atomic E-state index is 0.119. The highest BCUT2D eigenvalue weighted by molar-refractivity contribution is 9.10. The molecule has 0 unspecified atom stereocenters. The molecule has 90 valence electrons. The highest BCUT2D eigenvalue weighted by atomic mass is 79.9. The lowest BCUT2D eigenvalue weighted by atomic mass is 9.82. The van der Waals surface area contributed by atoms with Crippen molar-refractivity contribution in [1.29, 1.82) is 0 Å². The smallest absolute Gasteiger partial charge is 0.162 e. The maximum Gasteiger partial charge on any atom is 0.162 e. The van der Waals surface area contributed by atoms with Gasteiger partial charge in [-0.2, -0.15) is 0 Å². The van der Waals surface area contributed by atoms with Crippen LogP contribution in [0.25, 0.3) is 0 Å². The van der Waals surface area contributed by atoms with Gasteiger partial charge in [0.1, 0.15) is 0 Å². The maximum atomic E-state index is 10.0. The second-order valence-corrected chi connectivity index (χ2v) is 5.81. The number of phenolic OH excluding ortho intramolecular Hbond substituents is 1. The van der Waals surface area contributed by atoms with Crippen LogP contribution in [0.3, 0.4) is 0 Å². The first kappa shape index (κ1) is 13.3. The molecule has 0 aromatic heterocycles. The molecular weight excluding hydrogens is 270 g/mol. The SMILES string of the molecule is COc1cc(Br)cc([C@@H](N)C(C)(C)C)c1O. The van der Waals surface area contributed by atoms with E-state index in [1.807, 2.05) is 26.8 Å². The summed E-state index contributed by atoms with van der Waals surface area (Å²) < 4.78 is 5.94. The summed E-state index contributed by atoms with van der Waals surface area (Å²) in [5.41, 5.74) is 6.70. The molecule has 0 fully saturated rings. The van der Waals surface area contributed by atoms with E-state index in [9.17, 15) is 5.11 Å². The molecule has 3 nitrogen and oxygen atoms in total. The lowest BCUT2D eigenvalue weighted by Crippen LogP contribution is -2.26. The van der Waals surface area contributed by atoms with Crippen LogP contribution in [0.2, 0.25) is 0 Å². The van der Waals surface area contributed by atoms with Crippen molar-refractivity contribution < 1.29 is 9.84 Å². The van der Waals surface area contributed by atoms with Crippen LogP contribution in [-0.4, -0.2) is 12.2 Å². The molecule has 16 heavy (non-hydrogen) atoms. The van der Waals surface area contributed by atoms with Crippen molar-refractivity contribution in [3.8, 4) is 11.5 Å². The zero-order chi connectivity index (χ0) is 12.5. The largest absolute Gasteiger partial charge is 0.504 e. The first-order chi connectivity index (χ1) is 7.27. The van der Waals surface area contributed by atoms with Crippen molar-refractivity contribution >= 4 is 15.9 Å². The van der Waals surface area contributed by atoms with Gasteiger partial charge in [0.2, 0.25) is 0 Å². The van der Waals surface area contributed by atoms with E-state index in [2.05, 4.69) is 15.9 Å². The molecule has 0 aliphatic carbocycles. The van der Waals surface area contributed by atoms with Gasteiger partial charge >= 0.3 is 0 Å². The normalized spacial score (nSPS) is 13.6. The van der Waals surface area contributed by atoms with Gasteiger partial charge in [0.05, 0.1) is 7.11 Å². The number of nitrogens with two attached hydrogens (primary N) is 1. The van der Waals surface area contributed by atoms with E-state index in [0.29, 0.717) is 11.3 Å². The topological polar surface area (TPSA) is 55.5 Å². The van der Waals surface area contributed by atoms with Gasteiger partial charge in [0.15, 0.2) is 11.5 Å². The van der Waals surface area contributed by atoms with Crippen molar-refractivity contribution in [1.82, 2.24) is 0 Å². The van der Waals surface area contributed by atoms with Crippen LogP contribution in [0.5, 0.6) is 11.5 Å². The fraction of sp³-hybridized carbons (Fsp3) is 0.500. The molecule has 0 heterocycles. The molecule has 4 heteroatoms. The van der Waals surface area contributed by atoms with E-state index >= 15 is 0 Å². The van der Waals surface area contributed by atoms with Crippen LogP contribution in [-0.2, 0) is 0 Å². The predicted octanol–water partition coefficient (Wildman–Crippen LogP) is 3.21. The first-order valence-corrected chi connectivity index (χ1v) is 5.88. The number of ether oxygens (including phenoxy) is 1. The predicted molar refractivity (Wildman–Crippen MR) is 68.7 cm³/mol. The second-order valence-electron chi connectivity index (χ2n) is 4.89. The molecule has 0 amide bonds. The van der Waals surface area contributed by atoms with Crippen LogP contribution in [0.1, 0.15) is 32.4 Å². The molecular formula is C12H18BrNO2. The number of aromatic hydroxyl groups is 1. The van der Waals surface area contributed by atoms with Gasteiger partial charge in [-0.15, -0.1) is 0 Å². The summed E-state index contributed by atoms with van der Waals surface area (Å²) in [6.45, 7) is 6.10. The van der Waals surface area contributed by atoms with Gasteiger partial charge in [-0.25, -0.2) is 0 Å². The van der Waals surface area contributed by atoms with Crippen LogP contribution >= 0.6 is 15.9 Å². The standard InChI is InChI=1S/C12H18BrNO2/c1-12(2,3)11(14)8-5-7(13)6-9(16-4)10(8)15/h5-6,11,15H,14H2,1-4H3/t11-/m1/s1. The van der Waals surface area contributed by atoms with Crippen molar-refractivity contribution in [3.63, 3.8) is 0 Å². The summed E-state index contributed by atoms with van der Waals surface area (Å²) in [7, 11) is 1.52. The quantitative estimate of drug-likeness (QED) is 0.878. The van der Waals surface area contributed by atoms with Gasteiger partial charge in [-0.05, 0) is 17.5 Å². The fourth-order valence-corrected chi connectivity index (χ4v) is 1.91. The Labute approximate surface area is 105 Å². The van der Waals surface area contributed by atoms with Crippen molar-refractivity contribution in [2.75, 3.05) is 7.11 Å². The van der Waals surface area contributed by atoms with Crippen molar-refractivity contribution in [2.24, 2.45) is 11.1 Å². The average Bonchev–Trinajstić information content (AvgIpc) is 2.18. The van der Waals surface area contributed by atoms with Gasteiger partial charge in [0, 0.05) is 16.1 Å². The van der Waals surface area contributed by atoms with E-state index in [0.717, 1.165) is 4.47 Å². The maximum absolute atomic E-state index is 10.0. The van der Waals surface area contributed by atoms with E-state index < -0.39 is 0 Å². The number of hydrogen-bond donors (Lipinski definition) is 2. The van der Waals surface area contributed by atoms with Gasteiger partial charge in [-0.3, -0.25) is 0 Å². The number of benzene rings is 1. The zero-order valence-electron chi connectivity index (χ0n) is 10.0.